The Hall–Kier alpha value is -1.78. The predicted molar refractivity (Wildman–Crippen MR) is 92.0 cm³/mol. The standard InChI is InChI=1S/C18H19N3S/c1-12-5-7-14(20-11-12)13-6-8-17-16(10-13)21-18(22-17)15-4-2-3-9-19-15/h2-4,6,8-10,12,14,20H,5,7,11H2,1H3/t12-,14+/m0/s1. The number of aromatic nitrogens is 2. The normalized spacial score (nSPS) is 22.0. The molecule has 3 heterocycles. The van der Waals surface area contributed by atoms with Crippen LogP contribution in [0.2, 0.25) is 0 Å². The summed E-state index contributed by atoms with van der Waals surface area (Å²) in [5, 5.41) is 4.65. The van der Waals surface area contributed by atoms with E-state index in [1.807, 2.05) is 24.4 Å². The van der Waals surface area contributed by atoms with E-state index in [1.165, 1.54) is 23.1 Å². The molecule has 1 fully saturated rings. The van der Waals surface area contributed by atoms with Gasteiger partial charge < -0.3 is 5.32 Å². The monoisotopic (exact) mass is 309 g/mol. The molecule has 0 radical (unpaired) electrons. The maximum absolute atomic E-state index is 4.78. The van der Waals surface area contributed by atoms with Crippen LogP contribution in [0.3, 0.4) is 0 Å². The van der Waals surface area contributed by atoms with Crippen LogP contribution in [-0.4, -0.2) is 16.5 Å². The fourth-order valence-corrected chi connectivity index (χ4v) is 3.97. The van der Waals surface area contributed by atoms with Crippen molar-refractivity contribution >= 4 is 21.6 Å². The van der Waals surface area contributed by atoms with E-state index in [4.69, 9.17) is 4.98 Å². The minimum Gasteiger partial charge on any atom is -0.310 e. The fraction of sp³-hybridized carbons (Fsp3) is 0.333. The molecule has 0 unspecified atom stereocenters. The Balaban J connectivity index is 1.66. The predicted octanol–water partition coefficient (Wildman–Crippen LogP) is 4.42. The van der Waals surface area contributed by atoms with Gasteiger partial charge in [-0.05, 0) is 55.1 Å². The van der Waals surface area contributed by atoms with Crippen molar-refractivity contribution in [3.8, 4) is 10.7 Å². The van der Waals surface area contributed by atoms with E-state index in [1.54, 1.807) is 11.3 Å². The van der Waals surface area contributed by atoms with E-state index in [-0.39, 0.29) is 0 Å². The Morgan fingerprint density at radius 1 is 1.18 bits per heavy atom. The number of pyridine rings is 1. The fourth-order valence-electron chi connectivity index (χ4n) is 3.04. The molecule has 112 valence electrons. The average molecular weight is 309 g/mol. The Morgan fingerprint density at radius 2 is 2.14 bits per heavy atom. The number of hydrogen-bond acceptors (Lipinski definition) is 4. The first-order valence-corrected chi connectivity index (χ1v) is 8.66. The molecule has 0 aliphatic carbocycles. The first-order chi connectivity index (χ1) is 10.8. The van der Waals surface area contributed by atoms with Gasteiger partial charge in [-0.1, -0.05) is 19.1 Å². The smallest absolute Gasteiger partial charge is 0.143 e. The number of benzene rings is 1. The van der Waals surface area contributed by atoms with E-state index in [2.05, 4.69) is 35.4 Å². The van der Waals surface area contributed by atoms with E-state index < -0.39 is 0 Å². The molecule has 0 bridgehead atoms. The van der Waals surface area contributed by atoms with Gasteiger partial charge in [-0.2, -0.15) is 0 Å². The van der Waals surface area contributed by atoms with Gasteiger partial charge in [-0.15, -0.1) is 11.3 Å². The maximum atomic E-state index is 4.78. The van der Waals surface area contributed by atoms with Crippen LogP contribution in [-0.2, 0) is 0 Å². The first kappa shape index (κ1) is 13.9. The van der Waals surface area contributed by atoms with Gasteiger partial charge in [0, 0.05) is 12.2 Å². The molecule has 0 spiro atoms. The Bertz CT molecular complexity index is 773. The maximum Gasteiger partial charge on any atom is 0.143 e. The van der Waals surface area contributed by atoms with E-state index in [9.17, 15) is 0 Å². The third-order valence-corrected chi connectivity index (χ3v) is 5.42. The third kappa shape index (κ3) is 2.64. The highest BCUT2D eigenvalue weighted by molar-refractivity contribution is 7.21. The molecule has 1 saturated heterocycles. The van der Waals surface area contributed by atoms with Crippen LogP contribution in [0.5, 0.6) is 0 Å². The van der Waals surface area contributed by atoms with Crippen LogP contribution in [0.1, 0.15) is 31.4 Å². The highest BCUT2D eigenvalue weighted by Gasteiger charge is 2.19. The van der Waals surface area contributed by atoms with Gasteiger partial charge in [0.2, 0.25) is 0 Å². The molecule has 4 rings (SSSR count). The van der Waals surface area contributed by atoms with Crippen molar-refractivity contribution in [1.82, 2.24) is 15.3 Å². The zero-order valence-corrected chi connectivity index (χ0v) is 13.4. The number of thiazole rings is 1. The molecule has 2 aromatic heterocycles. The molecule has 3 aromatic rings. The summed E-state index contributed by atoms with van der Waals surface area (Å²) in [7, 11) is 0. The SMILES string of the molecule is C[C@H]1CC[C@H](c2ccc3sc(-c4ccccn4)nc3c2)NC1. The molecular weight excluding hydrogens is 290 g/mol. The summed E-state index contributed by atoms with van der Waals surface area (Å²) in [4.78, 5) is 9.18. The molecule has 3 nitrogen and oxygen atoms in total. The number of rotatable bonds is 2. The van der Waals surface area contributed by atoms with Crippen LogP contribution in [0.15, 0.2) is 42.6 Å². The molecular formula is C18H19N3S. The van der Waals surface area contributed by atoms with E-state index >= 15 is 0 Å². The molecule has 1 N–H and O–H groups in total. The highest BCUT2D eigenvalue weighted by atomic mass is 32.1. The Kier molecular flexibility index (Phi) is 3.64. The van der Waals surface area contributed by atoms with Crippen molar-refractivity contribution in [2.24, 2.45) is 5.92 Å². The van der Waals surface area contributed by atoms with E-state index in [0.29, 0.717) is 6.04 Å². The second-order valence-corrected chi connectivity index (χ2v) is 7.14. The number of nitrogens with zero attached hydrogens (tertiary/aromatic N) is 2. The summed E-state index contributed by atoms with van der Waals surface area (Å²) in [6.45, 7) is 3.42. The zero-order chi connectivity index (χ0) is 14.9. The van der Waals surface area contributed by atoms with E-state index in [0.717, 1.165) is 28.7 Å². The Labute approximate surface area is 134 Å². The first-order valence-electron chi connectivity index (χ1n) is 7.85. The summed E-state index contributed by atoms with van der Waals surface area (Å²) in [5.41, 5.74) is 3.40. The summed E-state index contributed by atoms with van der Waals surface area (Å²) in [6.07, 6.45) is 4.33. The van der Waals surface area contributed by atoms with Gasteiger partial charge in [0.25, 0.3) is 0 Å². The van der Waals surface area contributed by atoms with Crippen molar-refractivity contribution in [2.45, 2.75) is 25.8 Å². The average Bonchev–Trinajstić information content (AvgIpc) is 2.99. The van der Waals surface area contributed by atoms with Crippen LogP contribution in [0, 0.1) is 5.92 Å². The quantitative estimate of drug-likeness (QED) is 0.761. The lowest BCUT2D eigenvalue weighted by Gasteiger charge is -2.28. The second kappa shape index (κ2) is 5.78. The van der Waals surface area contributed by atoms with Gasteiger partial charge >= 0.3 is 0 Å². The van der Waals surface area contributed by atoms with Gasteiger partial charge in [-0.25, -0.2) is 4.98 Å². The lowest BCUT2D eigenvalue weighted by Crippen LogP contribution is -2.31. The van der Waals surface area contributed by atoms with Crippen LogP contribution in [0.25, 0.3) is 20.9 Å². The number of fused-ring (bicyclic) bond motifs is 1. The lowest BCUT2D eigenvalue weighted by atomic mass is 9.92. The number of nitrogens with one attached hydrogen (secondary N) is 1. The van der Waals surface area contributed by atoms with Crippen molar-refractivity contribution < 1.29 is 0 Å². The van der Waals surface area contributed by atoms with Crippen LogP contribution < -0.4 is 5.32 Å². The number of hydrogen-bond donors (Lipinski definition) is 1. The van der Waals surface area contributed by atoms with Gasteiger partial charge in [0.1, 0.15) is 5.01 Å². The molecule has 1 aliphatic heterocycles. The molecule has 4 heteroatoms. The largest absolute Gasteiger partial charge is 0.310 e. The van der Waals surface area contributed by atoms with Crippen molar-refractivity contribution in [3.05, 3.63) is 48.2 Å². The van der Waals surface area contributed by atoms with Crippen molar-refractivity contribution in [3.63, 3.8) is 0 Å². The van der Waals surface area contributed by atoms with Crippen molar-refractivity contribution in [2.75, 3.05) is 6.54 Å². The summed E-state index contributed by atoms with van der Waals surface area (Å²) >= 11 is 1.71. The molecule has 1 aromatic carbocycles. The molecule has 0 amide bonds. The van der Waals surface area contributed by atoms with Gasteiger partial charge in [0.05, 0.1) is 15.9 Å². The minimum absolute atomic E-state index is 0.473. The second-order valence-electron chi connectivity index (χ2n) is 6.10. The zero-order valence-electron chi connectivity index (χ0n) is 12.6. The minimum atomic E-state index is 0.473. The van der Waals surface area contributed by atoms with Gasteiger partial charge in [0.15, 0.2) is 0 Å². The van der Waals surface area contributed by atoms with Crippen molar-refractivity contribution in [1.29, 1.82) is 0 Å². The molecule has 2 atom stereocenters. The highest BCUT2D eigenvalue weighted by Crippen LogP contribution is 2.32. The third-order valence-electron chi connectivity index (χ3n) is 4.36. The topological polar surface area (TPSA) is 37.8 Å². The lowest BCUT2D eigenvalue weighted by molar-refractivity contribution is 0.333. The van der Waals surface area contributed by atoms with Crippen LogP contribution in [0.4, 0.5) is 0 Å². The summed E-state index contributed by atoms with van der Waals surface area (Å²) < 4.78 is 1.23. The summed E-state index contributed by atoms with van der Waals surface area (Å²) in [6, 6.07) is 13.1. The molecule has 22 heavy (non-hydrogen) atoms. The van der Waals surface area contributed by atoms with Gasteiger partial charge in [-0.3, -0.25) is 4.98 Å². The molecule has 1 aliphatic rings. The molecule has 0 saturated carbocycles. The summed E-state index contributed by atoms with van der Waals surface area (Å²) in [5.74, 6) is 0.787. The van der Waals surface area contributed by atoms with Crippen LogP contribution >= 0.6 is 11.3 Å². The Morgan fingerprint density at radius 3 is 2.91 bits per heavy atom. The number of piperidine rings is 1.